The van der Waals surface area contributed by atoms with Gasteiger partial charge in [-0.25, -0.2) is 0 Å². The zero-order valence-corrected chi connectivity index (χ0v) is 9.52. The summed E-state index contributed by atoms with van der Waals surface area (Å²) >= 11 is 0. The molecule has 86 valence electrons. The predicted octanol–water partition coefficient (Wildman–Crippen LogP) is 2.54. The molecule has 4 rings (SSSR count). The normalized spacial score (nSPS) is 48.2. The second-order valence-corrected chi connectivity index (χ2v) is 5.94. The molecule has 0 saturated heterocycles. The van der Waals surface area contributed by atoms with E-state index in [1.165, 1.54) is 19.3 Å². The molecule has 0 spiro atoms. The molecule has 16 heavy (non-hydrogen) atoms. The molecule has 0 N–H and O–H groups in total. The molecule has 4 unspecified atom stereocenters. The van der Waals surface area contributed by atoms with Crippen LogP contribution in [-0.2, 0) is 9.53 Å². The number of hydrogen-bond acceptors (Lipinski definition) is 2. The van der Waals surface area contributed by atoms with Crippen molar-refractivity contribution in [2.24, 2.45) is 29.6 Å². The van der Waals surface area contributed by atoms with Crippen LogP contribution in [0.25, 0.3) is 0 Å². The Hall–Kier alpha value is -0.790. The quantitative estimate of drug-likeness (QED) is 0.712. The Bertz CT molecular complexity index is 355. The van der Waals surface area contributed by atoms with Crippen LogP contribution < -0.4 is 0 Å². The zero-order valence-electron chi connectivity index (χ0n) is 9.52. The van der Waals surface area contributed by atoms with E-state index in [0.717, 1.165) is 43.1 Å². The Morgan fingerprint density at radius 1 is 1.25 bits per heavy atom. The van der Waals surface area contributed by atoms with Crippen molar-refractivity contribution in [1.82, 2.24) is 0 Å². The summed E-state index contributed by atoms with van der Waals surface area (Å²) in [4.78, 5) is 12.3. The van der Waals surface area contributed by atoms with Crippen LogP contribution in [0.4, 0.5) is 0 Å². The molecule has 2 heteroatoms. The average Bonchev–Trinajstić information content (AvgIpc) is 2.77. The van der Waals surface area contributed by atoms with Crippen LogP contribution in [0.1, 0.15) is 32.1 Å². The smallest absolute Gasteiger partial charge is 0.200 e. The Morgan fingerprint density at radius 3 is 2.62 bits per heavy atom. The molecule has 4 aliphatic rings. The van der Waals surface area contributed by atoms with E-state index in [1.807, 2.05) is 6.08 Å². The summed E-state index contributed by atoms with van der Waals surface area (Å²) in [6.45, 7) is 0.743. The number of rotatable bonds is 2. The molecule has 2 bridgehead atoms. The van der Waals surface area contributed by atoms with Crippen molar-refractivity contribution in [1.29, 1.82) is 0 Å². The topological polar surface area (TPSA) is 26.3 Å². The molecule has 1 heterocycles. The Morgan fingerprint density at radius 2 is 2.00 bits per heavy atom. The average molecular weight is 218 g/mol. The van der Waals surface area contributed by atoms with E-state index in [-0.39, 0.29) is 0 Å². The number of hydrogen-bond donors (Lipinski definition) is 0. The fourth-order valence-corrected chi connectivity index (χ4v) is 4.57. The van der Waals surface area contributed by atoms with Crippen molar-refractivity contribution >= 4 is 5.78 Å². The lowest BCUT2D eigenvalue weighted by atomic mass is 9.98. The number of Topliss-reactive ketones (excluding diaryl/α,β-unsaturated/α-hetero) is 1. The summed E-state index contributed by atoms with van der Waals surface area (Å²) in [7, 11) is 0. The molecule has 0 aromatic heterocycles. The van der Waals surface area contributed by atoms with Gasteiger partial charge in [-0.2, -0.15) is 0 Å². The molecule has 0 amide bonds. The summed E-state index contributed by atoms with van der Waals surface area (Å²) in [6.07, 6.45) is 8.29. The predicted molar refractivity (Wildman–Crippen MR) is 59.6 cm³/mol. The fraction of sp³-hybridized carbons (Fsp3) is 0.786. The highest BCUT2D eigenvalue weighted by Gasteiger charge is 2.67. The maximum atomic E-state index is 12.3. The Kier molecular flexibility index (Phi) is 1.80. The number of ether oxygens (including phenoxy) is 1. The van der Waals surface area contributed by atoms with Gasteiger partial charge in [-0.1, -0.05) is 0 Å². The van der Waals surface area contributed by atoms with Gasteiger partial charge in [0.2, 0.25) is 5.78 Å². The van der Waals surface area contributed by atoms with Crippen molar-refractivity contribution in [2.75, 3.05) is 6.61 Å². The number of ketones is 1. The zero-order chi connectivity index (χ0) is 10.7. The monoisotopic (exact) mass is 218 g/mol. The lowest BCUT2D eigenvalue weighted by Crippen LogP contribution is -2.16. The van der Waals surface area contributed by atoms with Gasteiger partial charge < -0.3 is 4.74 Å². The van der Waals surface area contributed by atoms with Gasteiger partial charge in [0.05, 0.1) is 6.61 Å². The summed E-state index contributed by atoms with van der Waals surface area (Å²) in [5.41, 5.74) is 0. The van der Waals surface area contributed by atoms with Gasteiger partial charge in [0.25, 0.3) is 0 Å². The maximum Gasteiger partial charge on any atom is 0.200 e. The lowest BCUT2D eigenvalue weighted by molar-refractivity contribution is -0.121. The van der Waals surface area contributed by atoms with Crippen molar-refractivity contribution in [2.45, 2.75) is 32.1 Å². The van der Waals surface area contributed by atoms with E-state index >= 15 is 0 Å². The van der Waals surface area contributed by atoms with Crippen LogP contribution in [0.15, 0.2) is 11.8 Å². The molecule has 0 aromatic rings. The minimum absolute atomic E-state index is 0.339. The largest absolute Gasteiger partial charge is 0.490 e. The maximum absolute atomic E-state index is 12.3. The molecular weight excluding hydrogens is 200 g/mol. The van der Waals surface area contributed by atoms with Crippen molar-refractivity contribution in [3.8, 4) is 0 Å². The molecule has 2 nitrogen and oxygen atoms in total. The molecule has 3 fully saturated rings. The highest BCUT2D eigenvalue weighted by Crippen LogP contribution is 2.69. The van der Waals surface area contributed by atoms with E-state index in [2.05, 4.69) is 0 Å². The lowest BCUT2D eigenvalue weighted by Gasteiger charge is -2.15. The van der Waals surface area contributed by atoms with Crippen LogP contribution >= 0.6 is 0 Å². The van der Waals surface area contributed by atoms with Crippen molar-refractivity contribution < 1.29 is 9.53 Å². The van der Waals surface area contributed by atoms with Gasteiger partial charge in [0.1, 0.15) is 0 Å². The van der Waals surface area contributed by atoms with Gasteiger partial charge in [0.15, 0.2) is 5.76 Å². The minimum Gasteiger partial charge on any atom is -0.490 e. The molecule has 0 radical (unpaired) electrons. The molecule has 3 aliphatic carbocycles. The first kappa shape index (κ1) is 9.26. The van der Waals surface area contributed by atoms with Gasteiger partial charge in [-0.15, -0.1) is 0 Å². The summed E-state index contributed by atoms with van der Waals surface area (Å²) in [5, 5.41) is 0. The number of carbonyl (C=O) groups is 1. The molecule has 4 atom stereocenters. The van der Waals surface area contributed by atoms with Gasteiger partial charge in [0, 0.05) is 5.92 Å². The van der Waals surface area contributed by atoms with Gasteiger partial charge >= 0.3 is 0 Å². The van der Waals surface area contributed by atoms with Crippen LogP contribution in [0, 0.1) is 29.6 Å². The number of carbonyl (C=O) groups excluding carboxylic acids is 1. The summed E-state index contributed by atoms with van der Waals surface area (Å²) < 4.78 is 5.51. The van der Waals surface area contributed by atoms with E-state index in [4.69, 9.17) is 4.74 Å². The van der Waals surface area contributed by atoms with Crippen LogP contribution in [0.5, 0.6) is 0 Å². The second kappa shape index (κ2) is 3.12. The minimum atomic E-state index is 0.339. The Balaban J connectivity index is 1.52. The van der Waals surface area contributed by atoms with Gasteiger partial charge in [-0.3, -0.25) is 4.79 Å². The third kappa shape index (κ3) is 1.11. The highest BCUT2D eigenvalue weighted by molar-refractivity contribution is 5.98. The van der Waals surface area contributed by atoms with Crippen molar-refractivity contribution in [3.63, 3.8) is 0 Å². The molecular formula is C14H18O2. The molecule has 0 aromatic carbocycles. The van der Waals surface area contributed by atoms with Crippen LogP contribution in [-0.4, -0.2) is 12.4 Å². The SMILES string of the molecule is O=C(C1=CCCCO1)C1C2C3CCC(C3)C12. The third-order valence-electron chi connectivity index (χ3n) is 5.22. The first-order valence-electron chi connectivity index (χ1n) is 6.73. The van der Waals surface area contributed by atoms with E-state index < -0.39 is 0 Å². The van der Waals surface area contributed by atoms with E-state index in [9.17, 15) is 4.79 Å². The van der Waals surface area contributed by atoms with E-state index in [0.29, 0.717) is 17.5 Å². The van der Waals surface area contributed by atoms with E-state index in [1.54, 1.807) is 0 Å². The second-order valence-electron chi connectivity index (χ2n) is 5.94. The fourth-order valence-electron chi connectivity index (χ4n) is 4.57. The molecule has 1 aliphatic heterocycles. The standard InChI is InChI=1S/C14H18O2/c15-14(10-3-1-2-6-16-10)13-11-8-4-5-9(7-8)12(11)13/h3,8-9,11-13H,1-2,4-7H2. The summed E-state index contributed by atoms with van der Waals surface area (Å²) in [5.74, 6) is 4.66. The number of allylic oxidation sites excluding steroid dienone is 2. The van der Waals surface area contributed by atoms with Gasteiger partial charge in [-0.05, 0) is 61.9 Å². The third-order valence-corrected chi connectivity index (χ3v) is 5.22. The highest BCUT2D eigenvalue weighted by atomic mass is 16.5. The summed E-state index contributed by atoms with van der Waals surface area (Å²) in [6, 6.07) is 0. The first-order valence-corrected chi connectivity index (χ1v) is 6.73. The first-order chi connectivity index (χ1) is 7.86. The van der Waals surface area contributed by atoms with Crippen molar-refractivity contribution in [3.05, 3.63) is 11.8 Å². The van der Waals surface area contributed by atoms with Crippen LogP contribution in [0.2, 0.25) is 0 Å². The number of fused-ring (bicyclic) bond motifs is 5. The Labute approximate surface area is 96.0 Å². The van der Waals surface area contributed by atoms with Crippen LogP contribution in [0.3, 0.4) is 0 Å². The molecule has 3 saturated carbocycles.